The van der Waals surface area contributed by atoms with E-state index in [1.807, 2.05) is 54.9 Å². The molecule has 0 aliphatic rings. The van der Waals surface area contributed by atoms with Crippen molar-refractivity contribution in [3.63, 3.8) is 0 Å². The van der Waals surface area contributed by atoms with Gasteiger partial charge in [-0.25, -0.2) is 0 Å². The first-order valence-corrected chi connectivity index (χ1v) is 9.95. The van der Waals surface area contributed by atoms with Crippen molar-refractivity contribution in [1.29, 1.82) is 0 Å². The maximum Gasteiger partial charge on any atom is 0.193 e. The summed E-state index contributed by atoms with van der Waals surface area (Å²) in [6, 6.07) is 10.3. The molecule has 0 fully saturated rings. The molecule has 0 atom stereocenters. The first-order chi connectivity index (χ1) is 14.0. The van der Waals surface area contributed by atoms with Gasteiger partial charge in [0.1, 0.15) is 0 Å². The molecule has 7 nitrogen and oxygen atoms in total. The first kappa shape index (κ1) is 20.6. The van der Waals surface area contributed by atoms with Gasteiger partial charge in [0.15, 0.2) is 5.96 Å². The zero-order valence-corrected chi connectivity index (χ0v) is 18.0. The average molecular weight is 394 g/mol. The lowest BCUT2D eigenvalue weighted by atomic mass is 10.1. The number of hydrogen-bond donors (Lipinski definition) is 1. The van der Waals surface area contributed by atoms with Crippen molar-refractivity contribution in [2.45, 2.75) is 39.4 Å². The van der Waals surface area contributed by atoms with Gasteiger partial charge in [0.05, 0.1) is 18.4 Å². The summed E-state index contributed by atoms with van der Waals surface area (Å²) >= 11 is 0. The lowest BCUT2D eigenvalue weighted by molar-refractivity contribution is 0.473. The van der Waals surface area contributed by atoms with Crippen LogP contribution in [-0.4, -0.2) is 44.5 Å². The molecule has 29 heavy (non-hydrogen) atoms. The Balaban J connectivity index is 1.58. The molecule has 2 aromatic heterocycles. The Labute approximate surface area is 173 Å². The van der Waals surface area contributed by atoms with E-state index in [9.17, 15) is 0 Å². The van der Waals surface area contributed by atoms with Gasteiger partial charge in [-0.05, 0) is 11.5 Å². The third kappa shape index (κ3) is 5.47. The highest BCUT2D eigenvalue weighted by atomic mass is 15.3. The van der Waals surface area contributed by atoms with E-state index in [-0.39, 0.29) is 0 Å². The minimum atomic E-state index is 0.394. The van der Waals surface area contributed by atoms with Crippen LogP contribution in [0.4, 0.5) is 0 Å². The molecule has 3 rings (SSSR count). The van der Waals surface area contributed by atoms with E-state index in [1.54, 1.807) is 0 Å². The highest BCUT2D eigenvalue weighted by Crippen LogP contribution is 2.18. The molecule has 7 heteroatoms. The lowest BCUT2D eigenvalue weighted by Crippen LogP contribution is -2.38. The number of nitrogens with zero attached hydrogens (tertiary/aromatic N) is 6. The predicted octanol–water partition coefficient (Wildman–Crippen LogP) is 3.00. The molecule has 0 amide bonds. The van der Waals surface area contributed by atoms with E-state index >= 15 is 0 Å². The average Bonchev–Trinajstić information content (AvgIpc) is 3.29. The van der Waals surface area contributed by atoms with Crippen LogP contribution in [0.15, 0.2) is 53.9 Å². The zero-order chi connectivity index (χ0) is 20.8. The van der Waals surface area contributed by atoms with Crippen LogP contribution in [0.5, 0.6) is 0 Å². The second-order valence-corrected chi connectivity index (χ2v) is 7.66. The normalized spacial score (nSPS) is 11.9. The van der Waals surface area contributed by atoms with Gasteiger partial charge in [-0.1, -0.05) is 44.2 Å². The summed E-state index contributed by atoms with van der Waals surface area (Å²) < 4.78 is 3.85. The second-order valence-electron chi connectivity index (χ2n) is 7.66. The smallest absolute Gasteiger partial charge is 0.193 e. The SMILES string of the molecule is CN=C(NCc1cnn(Cc2ccccc2)c1)N(C)Cc1cn(C)nc1C(C)C. The van der Waals surface area contributed by atoms with Crippen LogP contribution in [-0.2, 0) is 26.7 Å². The Morgan fingerprint density at radius 2 is 1.93 bits per heavy atom. The fourth-order valence-corrected chi connectivity index (χ4v) is 3.41. The Morgan fingerprint density at radius 1 is 1.17 bits per heavy atom. The Kier molecular flexibility index (Phi) is 6.69. The Hall–Kier alpha value is -3.09. The highest BCUT2D eigenvalue weighted by Gasteiger charge is 2.15. The van der Waals surface area contributed by atoms with Crippen molar-refractivity contribution < 1.29 is 0 Å². The van der Waals surface area contributed by atoms with Crippen molar-refractivity contribution in [2.75, 3.05) is 14.1 Å². The van der Waals surface area contributed by atoms with E-state index in [0.717, 1.165) is 30.3 Å². The number of aromatic nitrogens is 4. The van der Waals surface area contributed by atoms with Crippen LogP contribution in [0.2, 0.25) is 0 Å². The third-order valence-electron chi connectivity index (χ3n) is 4.79. The number of guanidine groups is 1. The molecule has 1 aromatic carbocycles. The van der Waals surface area contributed by atoms with Gasteiger partial charge in [-0.3, -0.25) is 14.4 Å². The van der Waals surface area contributed by atoms with Gasteiger partial charge in [0, 0.05) is 57.8 Å². The largest absolute Gasteiger partial charge is 0.352 e. The van der Waals surface area contributed by atoms with E-state index in [1.165, 1.54) is 11.1 Å². The lowest BCUT2D eigenvalue weighted by Gasteiger charge is -2.22. The molecule has 0 aliphatic carbocycles. The fourth-order valence-electron chi connectivity index (χ4n) is 3.41. The number of rotatable bonds is 7. The monoisotopic (exact) mass is 393 g/mol. The van der Waals surface area contributed by atoms with Gasteiger partial charge in [-0.2, -0.15) is 10.2 Å². The summed E-state index contributed by atoms with van der Waals surface area (Å²) in [6.07, 6.45) is 6.07. The fraction of sp³-hybridized carbons (Fsp3) is 0.409. The van der Waals surface area contributed by atoms with Crippen LogP contribution < -0.4 is 5.32 Å². The Morgan fingerprint density at radius 3 is 2.62 bits per heavy atom. The first-order valence-electron chi connectivity index (χ1n) is 9.95. The number of nitrogens with one attached hydrogen (secondary N) is 1. The van der Waals surface area contributed by atoms with Gasteiger partial charge in [0.25, 0.3) is 0 Å². The standard InChI is InChI=1S/C22H31N7/c1-17(2)21-20(16-28(5)26-21)15-27(4)22(23-3)24-11-19-12-25-29(14-19)13-18-9-7-6-8-10-18/h6-10,12,14,16-17H,11,13,15H2,1-5H3,(H,23,24). The number of aryl methyl sites for hydroxylation is 1. The molecule has 0 aliphatic heterocycles. The summed E-state index contributed by atoms with van der Waals surface area (Å²) in [7, 11) is 5.82. The van der Waals surface area contributed by atoms with Crippen molar-refractivity contribution >= 4 is 5.96 Å². The van der Waals surface area contributed by atoms with Gasteiger partial charge < -0.3 is 10.2 Å². The molecule has 2 heterocycles. The summed E-state index contributed by atoms with van der Waals surface area (Å²) in [5.41, 5.74) is 4.73. The van der Waals surface area contributed by atoms with Crippen LogP contribution in [0.1, 0.15) is 42.1 Å². The predicted molar refractivity (Wildman–Crippen MR) is 117 cm³/mol. The Bertz CT molecular complexity index is 937. The van der Waals surface area contributed by atoms with Crippen molar-refractivity contribution in [2.24, 2.45) is 12.0 Å². The maximum atomic E-state index is 4.60. The molecule has 3 aromatic rings. The van der Waals surface area contributed by atoms with Crippen LogP contribution >= 0.6 is 0 Å². The van der Waals surface area contributed by atoms with Crippen molar-refractivity contribution in [1.82, 2.24) is 29.8 Å². The van der Waals surface area contributed by atoms with Crippen LogP contribution in [0, 0.1) is 0 Å². The van der Waals surface area contributed by atoms with Crippen molar-refractivity contribution in [3.05, 3.63) is 71.3 Å². The van der Waals surface area contributed by atoms with E-state index in [4.69, 9.17) is 0 Å². The van der Waals surface area contributed by atoms with Gasteiger partial charge in [0.2, 0.25) is 0 Å². The summed E-state index contributed by atoms with van der Waals surface area (Å²) in [4.78, 5) is 6.55. The minimum Gasteiger partial charge on any atom is -0.352 e. The quantitative estimate of drug-likeness (QED) is 0.495. The highest BCUT2D eigenvalue weighted by molar-refractivity contribution is 5.79. The van der Waals surface area contributed by atoms with E-state index in [0.29, 0.717) is 12.5 Å². The molecular formula is C22H31N7. The van der Waals surface area contributed by atoms with Crippen LogP contribution in [0.3, 0.4) is 0 Å². The number of hydrogen-bond acceptors (Lipinski definition) is 3. The zero-order valence-electron chi connectivity index (χ0n) is 18.0. The molecule has 1 N–H and O–H groups in total. The summed E-state index contributed by atoms with van der Waals surface area (Å²) in [6.45, 7) is 6.55. The molecule has 154 valence electrons. The van der Waals surface area contributed by atoms with Gasteiger partial charge >= 0.3 is 0 Å². The van der Waals surface area contributed by atoms with Crippen LogP contribution in [0.25, 0.3) is 0 Å². The molecule has 0 spiro atoms. The molecule has 0 radical (unpaired) electrons. The second kappa shape index (κ2) is 9.41. The summed E-state index contributed by atoms with van der Waals surface area (Å²) in [5, 5.41) is 12.5. The summed E-state index contributed by atoms with van der Waals surface area (Å²) in [5.74, 6) is 1.24. The van der Waals surface area contributed by atoms with Gasteiger partial charge in [-0.15, -0.1) is 0 Å². The topological polar surface area (TPSA) is 63.3 Å². The van der Waals surface area contributed by atoms with E-state index in [2.05, 4.69) is 63.8 Å². The molecule has 0 saturated carbocycles. The minimum absolute atomic E-state index is 0.394. The molecule has 0 bridgehead atoms. The number of aliphatic imine (C=N–C) groups is 1. The number of benzene rings is 1. The van der Waals surface area contributed by atoms with E-state index < -0.39 is 0 Å². The third-order valence-corrected chi connectivity index (χ3v) is 4.79. The molecular weight excluding hydrogens is 362 g/mol. The molecule has 0 unspecified atom stereocenters. The maximum absolute atomic E-state index is 4.60. The molecule has 0 saturated heterocycles. The van der Waals surface area contributed by atoms with Crippen molar-refractivity contribution in [3.8, 4) is 0 Å².